The average molecular weight is 315 g/mol. The van der Waals surface area contributed by atoms with E-state index in [0.717, 1.165) is 5.56 Å². The van der Waals surface area contributed by atoms with Gasteiger partial charge in [-0.1, -0.05) is 11.6 Å². The van der Waals surface area contributed by atoms with E-state index in [4.69, 9.17) is 16.3 Å². The van der Waals surface area contributed by atoms with Crippen LogP contribution in [0.15, 0.2) is 24.3 Å². The van der Waals surface area contributed by atoms with Crippen LogP contribution < -0.4 is 4.74 Å². The van der Waals surface area contributed by atoms with Gasteiger partial charge in [-0.25, -0.2) is 13.2 Å². The maximum atomic E-state index is 13.8. The van der Waals surface area contributed by atoms with Crippen LogP contribution in [0.4, 0.5) is 13.2 Å². The first kappa shape index (κ1) is 14.2. The smallest absolute Gasteiger partial charge is 0.135 e. The van der Waals surface area contributed by atoms with Crippen molar-refractivity contribution >= 4 is 11.6 Å². The maximum absolute atomic E-state index is 13.8. The first-order chi connectivity index (χ1) is 9.97. The first-order valence-corrected chi connectivity index (χ1v) is 6.63. The van der Waals surface area contributed by atoms with E-state index in [2.05, 4.69) is 0 Å². The fourth-order valence-electron chi connectivity index (χ4n) is 2.47. The summed E-state index contributed by atoms with van der Waals surface area (Å²) >= 11 is 5.95. The number of halogens is 4. The van der Waals surface area contributed by atoms with Crippen LogP contribution in [0.3, 0.4) is 0 Å². The van der Waals surface area contributed by atoms with E-state index in [9.17, 15) is 18.3 Å². The molecular weight excluding hydrogens is 305 g/mol. The highest BCUT2D eigenvalue weighted by atomic mass is 35.5. The minimum atomic E-state index is -1.63. The van der Waals surface area contributed by atoms with Gasteiger partial charge in [0.15, 0.2) is 0 Å². The van der Waals surface area contributed by atoms with Gasteiger partial charge in [0, 0.05) is 29.1 Å². The molecule has 2 aromatic carbocycles. The number of benzene rings is 2. The van der Waals surface area contributed by atoms with E-state index in [1.165, 1.54) is 6.07 Å². The van der Waals surface area contributed by atoms with E-state index in [0.29, 0.717) is 35.9 Å². The lowest BCUT2D eigenvalue weighted by Gasteiger charge is -2.17. The lowest BCUT2D eigenvalue weighted by Crippen LogP contribution is -2.08. The van der Waals surface area contributed by atoms with Crippen molar-refractivity contribution in [3.05, 3.63) is 63.4 Å². The largest absolute Gasteiger partial charge is 0.493 e. The standard InChI is InChI=1S/C15H10ClF3O2/c16-8-3-7-1-2-21-15(7)10(4-8)14(20)13-11(18)5-9(17)6-12(13)19/h3-6,14,20H,1-2H2. The Balaban J connectivity index is 2.14. The maximum Gasteiger partial charge on any atom is 0.135 e. The van der Waals surface area contributed by atoms with Crippen LogP contribution >= 0.6 is 11.6 Å². The van der Waals surface area contributed by atoms with E-state index in [1.807, 2.05) is 0 Å². The van der Waals surface area contributed by atoms with Gasteiger partial charge in [0.1, 0.15) is 29.3 Å². The third-order valence-electron chi connectivity index (χ3n) is 3.39. The Labute approximate surface area is 123 Å². The second kappa shape index (κ2) is 5.24. The predicted molar refractivity (Wildman–Crippen MR) is 71.0 cm³/mol. The van der Waals surface area contributed by atoms with Crippen molar-refractivity contribution in [3.8, 4) is 5.75 Å². The van der Waals surface area contributed by atoms with Crippen LogP contribution in [0, 0.1) is 17.5 Å². The summed E-state index contributed by atoms with van der Waals surface area (Å²) in [6, 6.07) is 4.11. The van der Waals surface area contributed by atoms with Crippen LogP contribution in [0.5, 0.6) is 5.75 Å². The third kappa shape index (κ3) is 2.47. The zero-order valence-corrected chi connectivity index (χ0v) is 11.4. The van der Waals surface area contributed by atoms with Gasteiger partial charge in [-0.3, -0.25) is 0 Å². The van der Waals surface area contributed by atoms with Crippen molar-refractivity contribution in [3.63, 3.8) is 0 Å². The molecule has 2 aromatic rings. The highest BCUT2D eigenvalue weighted by Gasteiger charge is 2.27. The number of ether oxygens (including phenoxy) is 1. The average Bonchev–Trinajstić information content (AvgIpc) is 2.84. The summed E-state index contributed by atoms with van der Waals surface area (Å²) in [6.45, 7) is 0.407. The molecule has 21 heavy (non-hydrogen) atoms. The Hall–Kier alpha value is -1.72. The summed E-state index contributed by atoms with van der Waals surface area (Å²) in [5.74, 6) is -3.00. The fraction of sp³-hybridized carbons (Fsp3) is 0.200. The molecule has 0 radical (unpaired) electrons. The number of aliphatic hydroxyl groups is 1. The first-order valence-electron chi connectivity index (χ1n) is 6.25. The summed E-state index contributed by atoms with van der Waals surface area (Å²) in [6.07, 6.45) is -1.03. The normalized spacial score (nSPS) is 14.7. The van der Waals surface area contributed by atoms with Gasteiger partial charge in [0.05, 0.1) is 12.2 Å². The van der Waals surface area contributed by atoms with Gasteiger partial charge in [0.2, 0.25) is 0 Å². The van der Waals surface area contributed by atoms with Crippen molar-refractivity contribution in [1.82, 2.24) is 0 Å². The molecule has 1 unspecified atom stereocenters. The fourth-order valence-corrected chi connectivity index (χ4v) is 2.72. The van der Waals surface area contributed by atoms with E-state index < -0.39 is 29.1 Å². The second-order valence-corrected chi connectivity index (χ2v) is 5.20. The van der Waals surface area contributed by atoms with Crippen molar-refractivity contribution in [1.29, 1.82) is 0 Å². The molecule has 1 heterocycles. The Morgan fingerprint density at radius 1 is 1.10 bits per heavy atom. The lowest BCUT2D eigenvalue weighted by atomic mass is 9.97. The number of hydrogen-bond acceptors (Lipinski definition) is 2. The van der Waals surface area contributed by atoms with Gasteiger partial charge >= 0.3 is 0 Å². The Morgan fingerprint density at radius 3 is 2.43 bits per heavy atom. The molecule has 110 valence electrons. The van der Waals surface area contributed by atoms with Crippen molar-refractivity contribution in [2.75, 3.05) is 6.61 Å². The number of rotatable bonds is 2. The molecular formula is C15H10ClF3O2. The molecule has 1 aliphatic rings. The van der Waals surface area contributed by atoms with E-state index in [-0.39, 0.29) is 5.56 Å². The molecule has 0 aromatic heterocycles. The van der Waals surface area contributed by atoms with Gasteiger partial charge in [-0.05, 0) is 17.7 Å². The Kier molecular flexibility index (Phi) is 3.55. The topological polar surface area (TPSA) is 29.5 Å². The summed E-state index contributed by atoms with van der Waals surface area (Å²) in [5.41, 5.74) is 0.301. The van der Waals surface area contributed by atoms with Crippen molar-refractivity contribution in [2.45, 2.75) is 12.5 Å². The summed E-state index contributed by atoms with van der Waals surface area (Å²) < 4.78 is 45.9. The second-order valence-electron chi connectivity index (χ2n) is 4.77. The molecule has 0 saturated carbocycles. The van der Waals surface area contributed by atoms with Gasteiger partial charge < -0.3 is 9.84 Å². The van der Waals surface area contributed by atoms with Crippen molar-refractivity contribution < 1.29 is 23.0 Å². The number of fused-ring (bicyclic) bond motifs is 1. The molecule has 1 atom stereocenters. The van der Waals surface area contributed by atoms with E-state index >= 15 is 0 Å². The molecule has 1 aliphatic heterocycles. The van der Waals surface area contributed by atoms with Crippen LogP contribution in [0.25, 0.3) is 0 Å². The summed E-state index contributed by atoms with van der Waals surface area (Å²) in [7, 11) is 0. The van der Waals surface area contributed by atoms with E-state index in [1.54, 1.807) is 6.07 Å². The monoisotopic (exact) mass is 314 g/mol. The Bertz CT molecular complexity index is 695. The van der Waals surface area contributed by atoms with Gasteiger partial charge in [-0.2, -0.15) is 0 Å². The van der Waals surface area contributed by atoms with Crippen LogP contribution in [0.1, 0.15) is 22.8 Å². The van der Waals surface area contributed by atoms with Crippen LogP contribution in [0.2, 0.25) is 5.02 Å². The Morgan fingerprint density at radius 2 is 1.76 bits per heavy atom. The molecule has 0 saturated heterocycles. The zero-order valence-electron chi connectivity index (χ0n) is 10.7. The molecule has 0 fully saturated rings. The van der Waals surface area contributed by atoms with Crippen molar-refractivity contribution in [2.24, 2.45) is 0 Å². The summed E-state index contributed by atoms with van der Waals surface area (Å²) in [5, 5.41) is 10.6. The quantitative estimate of drug-likeness (QED) is 0.914. The molecule has 0 spiro atoms. The molecule has 6 heteroatoms. The van der Waals surface area contributed by atoms with Gasteiger partial charge in [-0.15, -0.1) is 0 Å². The molecule has 0 amide bonds. The number of aliphatic hydroxyl groups excluding tert-OH is 1. The van der Waals surface area contributed by atoms with Crippen LogP contribution in [-0.4, -0.2) is 11.7 Å². The number of hydrogen-bond donors (Lipinski definition) is 1. The third-order valence-corrected chi connectivity index (χ3v) is 3.61. The van der Waals surface area contributed by atoms with Crippen LogP contribution in [-0.2, 0) is 6.42 Å². The lowest BCUT2D eigenvalue weighted by molar-refractivity contribution is 0.203. The van der Waals surface area contributed by atoms with Gasteiger partial charge in [0.25, 0.3) is 0 Å². The minimum Gasteiger partial charge on any atom is -0.493 e. The minimum absolute atomic E-state index is 0.166. The molecule has 2 nitrogen and oxygen atoms in total. The molecule has 3 rings (SSSR count). The molecule has 0 bridgehead atoms. The zero-order chi connectivity index (χ0) is 15.1. The molecule has 0 aliphatic carbocycles. The summed E-state index contributed by atoms with van der Waals surface area (Å²) in [4.78, 5) is 0. The SMILES string of the molecule is OC(c1cc(Cl)cc2c1OCC2)c1c(F)cc(F)cc1F. The highest BCUT2D eigenvalue weighted by molar-refractivity contribution is 6.30. The predicted octanol–water partition coefficient (Wildman–Crippen LogP) is 3.77. The molecule has 1 N–H and O–H groups in total. The highest BCUT2D eigenvalue weighted by Crippen LogP contribution is 2.39.